The molecule has 0 saturated carbocycles. The molecule has 0 spiro atoms. The Morgan fingerprint density at radius 3 is 2.72 bits per heavy atom. The number of carbonyl (C=O) groups is 1. The quantitative estimate of drug-likeness (QED) is 0.900. The van der Waals surface area contributed by atoms with Crippen molar-refractivity contribution >= 4 is 5.91 Å². The van der Waals surface area contributed by atoms with E-state index in [0.29, 0.717) is 12.2 Å². The zero-order valence-corrected chi connectivity index (χ0v) is 10.9. The van der Waals surface area contributed by atoms with Crippen molar-refractivity contribution in [2.45, 2.75) is 19.3 Å². The number of amides is 1. The van der Waals surface area contributed by atoms with Crippen molar-refractivity contribution in [3.05, 3.63) is 48.2 Å². The molecule has 0 fully saturated rings. The minimum atomic E-state index is -0.218. The van der Waals surface area contributed by atoms with Gasteiger partial charge in [0.25, 0.3) is 5.91 Å². The molecule has 0 aliphatic carbocycles. The first-order valence-corrected chi connectivity index (χ1v) is 5.94. The van der Waals surface area contributed by atoms with E-state index in [0.717, 1.165) is 5.76 Å². The Kier molecular flexibility index (Phi) is 3.28. The zero-order chi connectivity index (χ0) is 13.2. The lowest BCUT2D eigenvalue weighted by molar-refractivity contribution is 0.0935. The first-order chi connectivity index (χ1) is 8.50. The molecule has 96 valence electrons. The molecule has 2 aromatic heterocycles. The highest BCUT2D eigenvalue weighted by molar-refractivity contribution is 5.92. The van der Waals surface area contributed by atoms with Crippen LogP contribution in [0.1, 0.15) is 30.1 Å². The normalized spacial score (nSPS) is 11.5. The van der Waals surface area contributed by atoms with Crippen LogP contribution in [-0.4, -0.2) is 17.0 Å². The van der Waals surface area contributed by atoms with Crippen LogP contribution in [-0.2, 0) is 12.5 Å². The predicted octanol–water partition coefficient (Wildman–Crippen LogP) is 2.33. The second-order valence-electron chi connectivity index (χ2n) is 5.05. The van der Waals surface area contributed by atoms with E-state index >= 15 is 0 Å². The summed E-state index contributed by atoms with van der Waals surface area (Å²) in [6.07, 6.45) is 3.50. The van der Waals surface area contributed by atoms with Crippen LogP contribution in [0.5, 0.6) is 0 Å². The molecule has 2 aromatic rings. The molecule has 0 atom stereocenters. The van der Waals surface area contributed by atoms with Gasteiger partial charge in [0.15, 0.2) is 0 Å². The summed E-state index contributed by atoms with van der Waals surface area (Å²) in [5, 5.41) is 2.93. The smallest absolute Gasteiger partial charge is 0.267 e. The fourth-order valence-electron chi connectivity index (χ4n) is 1.84. The Labute approximate surface area is 107 Å². The van der Waals surface area contributed by atoms with Crippen molar-refractivity contribution in [3.63, 3.8) is 0 Å². The third-order valence-electron chi connectivity index (χ3n) is 3.06. The average molecular weight is 246 g/mol. The summed E-state index contributed by atoms with van der Waals surface area (Å²) < 4.78 is 7.19. The van der Waals surface area contributed by atoms with E-state index in [9.17, 15) is 4.79 Å². The van der Waals surface area contributed by atoms with Gasteiger partial charge in [-0.05, 0) is 24.3 Å². The molecule has 0 unspecified atom stereocenters. The minimum Gasteiger partial charge on any atom is -0.469 e. The molecule has 0 aliphatic heterocycles. The molecule has 0 saturated heterocycles. The molecule has 2 rings (SSSR count). The van der Waals surface area contributed by atoms with Gasteiger partial charge in [-0.2, -0.15) is 0 Å². The Hall–Kier alpha value is -1.97. The van der Waals surface area contributed by atoms with Gasteiger partial charge in [-0.15, -0.1) is 0 Å². The average Bonchev–Trinajstić information content (AvgIpc) is 2.96. The maximum atomic E-state index is 12.0. The first kappa shape index (κ1) is 12.5. The largest absolute Gasteiger partial charge is 0.469 e. The van der Waals surface area contributed by atoms with Crippen LogP contribution in [0, 0.1) is 0 Å². The summed E-state index contributed by atoms with van der Waals surface area (Å²) in [5.74, 6) is 0.803. The Morgan fingerprint density at radius 2 is 2.17 bits per heavy atom. The van der Waals surface area contributed by atoms with Crippen molar-refractivity contribution in [1.29, 1.82) is 0 Å². The van der Waals surface area contributed by atoms with E-state index in [1.54, 1.807) is 16.9 Å². The fourth-order valence-corrected chi connectivity index (χ4v) is 1.84. The summed E-state index contributed by atoms with van der Waals surface area (Å²) in [4.78, 5) is 12.0. The third-order valence-corrected chi connectivity index (χ3v) is 3.06. The molecular weight excluding hydrogens is 228 g/mol. The summed E-state index contributed by atoms with van der Waals surface area (Å²) in [5.41, 5.74) is 0.440. The molecule has 18 heavy (non-hydrogen) atoms. The van der Waals surface area contributed by atoms with Gasteiger partial charge in [0, 0.05) is 25.2 Å². The predicted molar refractivity (Wildman–Crippen MR) is 69.5 cm³/mol. The molecular formula is C14H18N2O2. The Balaban J connectivity index is 2.00. The minimum absolute atomic E-state index is 0.0675. The Bertz CT molecular complexity index is 524. The standard InChI is InChI=1S/C14H18N2O2/c1-14(2,12-7-5-9-18-12)10-15-13(17)11-6-4-8-16(11)3/h4-9H,10H2,1-3H3,(H,15,17). The number of hydrogen-bond acceptors (Lipinski definition) is 2. The molecule has 1 amide bonds. The van der Waals surface area contributed by atoms with Gasteiger partial charge >= 0.3 is 0 Å². The summed E-state index contributed by atoms with van der Waals surface area (Å²) >= 11 is 0. The van der Waals surface area contributed by atoms with Crippen LogP contribution >= 0.6 is 0 Å². The molecule has 0 aromatic carbocycles. The van der Waals surface area contributed by atoms with E-state index in [4.69, 9.17) is 4.42 Å². The summed E-state index contributed by atoms with van der Waals surface area (Å²) in [6.45, 7) is 4.61. The van der Waals surface area contributed by atoms with E-state index < -0.39 is 0 Å². The van der Waals surface area contributed by atoms with Gasteiger partial charge < -0.3 is 14.3 Å². The molecule has 1 N–H and O–H groups in total. The lowest BCUT2D eigenvalue weighted by Gasteiger charge is -2.22. The fraction of sp³-hybridized carbons (Fsp3) is 0.357. The topological polar surface area (TPSA) is 47.2 Å². The maximum Gasteiger partial charge on any atom is 0.267 e. The number of aryl methyl sites for hydroxylation is 1. The number of aromatic nitrogens is 1. The van der Waals surface area contributed by atoms with Gasteiger partial charge in [0.2, 0.25) is 0 Å². The third kappa shape index (κ3) is 2.47. The van der Waals surface area contributed by atoms with E-state index in [1.807, 2.05) is 45.3 Å². The van der Waals surface area contributed by atoms with Crippen LogP contribution in [0.3, 0.4) is 0 Å². The van der Waals surface area contributed by atoms with Crippen molar-refractivity contribution in [3.8, 4) is 0 Å². The summed E-state index contributed by atoms with van der Waals surface area (Å²) in [6, 6.07) is 7.44. The van der Waals surface area contributed by atoms with Gasteiger partial charge in [-0.3, -0.25) is 4.79 Å². The first-order valence-electron chi connectivity index (χ1n) is 5.94. The second kappa shape index (κ2) is 4.72. The Morgan fingerprint density at radius 1 is 1.39 bits per heavy atom. The number of nitrogens with one attached hydrogen (secondary N) is 1. The van der Waals surface area contributed by atoms with Crippen LogP contribution < -0.4 is 5.32 Å². The highest BCUT2D eigenvalue weighted by atomic mass is 16.3. The number of furan rings is 1. The van der Waals surface area contributed by atoms with E-state index in [2.05, 4.69) is 5.32 Å². The van der Waals surface area contributed by atoms with E-state index in [1.165, 1.54) is 0 Å². The molecule has 0 bridgehead atoms. The number of rotatable bonds is 4. The lowest BCUT2D eigenvalue weighted by atomic mass is 9.90. The molecule has 4 heteroatoms. The van der Waals surface area contributed by atoms with Gasteiger partial charge in [0.05, 0.1) is 6.26 Å². The number of hydrogen-bond donors (Lipinski definition) is 1. The lowest BCUT2D eigenvalue weighted by Crippen LogP contribution is -2.37. The number of nitrogens with zero attached hydrogens (tertiary/aromatic N) is 1. The molecule has 2 heterocycles. The van der Waals surface area contributed by atoms with Crippen LogP contribution in [0.4, 0.5) is 0 Å². The molecule has 0 aliphatic rings. The van der Waals surface area contributed by atoms with Crippen molar-refractivity contribution in [2.24, 2.45) is 7.05 Å². The maximum absolute atomic E-state index is 12.0. The van der Waals surface area contributed by atoms with E-state index in [-0.39, 0.29) is 11.3 Å². The van der Waals surface area contributed by atoms with Crippen LogP contribution in [0.15, 0.2) is 41.1 Å². The second-order valence-corrected chi connectivity index (χ2v) is 5.05. The van der Waals surface area contributed by atoms with Crippen LogP contribution in [0.2, 0.25) is 0 Å². The van der Waals surface area contributed by atoms with Gasteiger partial charge in [0.1, 0.15) is 11.5 Å². The van der Waals surface area contributed by atoms with Crippen LogP contribution in [0.25, 0.3) is 0 Å². The molecule has 4 nitrogen and oxygen atoms in total. The van der Waals surface area contributed by atoms with Crippen molar-refractivity contribution in [1.82, 2.24) is 9.88 Å². The summed E-state index contributed by atoms with van der Waals surface area (Å²) in [7, 11) is 1.85. The van der Waals surface area contributed by atoms with Gasteiger partial charge in [-0.1, -0.05) is 13.8 Å². The monoisotopic (exact) mass is 246 g/mol. The molecule has 0 radical (unpaired) electrons. The SMILES string of the molecule is Cn1cccc1C(=O)NCC(C)(C)c1ccco1. The van der Waals surface area contributed by atoms with Gasteiger partial charge in [-0.25, -0.2) is 0 Å². The van der Waals surface area contributed by atoms with Crippen molar-refractivity contribution < 1.29 is 9.21 Å². The number of carbonyl (C=O) groups excluding carboxylic acids is 1. The zero-order valence-electron chi connectivity index (χ0n) is 10.9. The highest BCUT2D eigenvalue weighted by Gasteiger charge is 2.24. The van der Waals surface area contributed by atoms with Crippen molar-refractivity contribution in [2.75, 3.05) is 6.54 Å². The highest BCUT2D eigenvalue weighted by Crippen LogP contribution is 2.22.